The number of rotatable bonds is 8. The van der Waals surface area contributed by atoms with Gasteiger partial charge in [0.05, 0.1) is 0 Å². The van der Waals surface area contributed by atoms with E-state index in [1.165, 1.54) is 12.8 Å². The average molecular weight is 262 g/mol. The molecule has 0 fully saturated rings. The summed E-state index contributed by atoms with van der Waals surface area (Å²) in [6.45, 7) is 6.96. The van der Waals surface area contributed by atoms with Gasteiger partial charge in [0.2, 0.25) is 0 Å². The molecular weight excluding hydrogens is 236 g/mol. The summed E-state index contributed by atoms with van der Waals surface area (Å²) in [7, 11) is 0. The van der Waals surface area contributed by atoms with Crippen molar-refractivity contribution in [2.45, 2.75) is 53.1 Å². The van der Waals surface area contributed by atoms with E-state index in [9.17, 15) is 4.79 Å². The first kappa shape index (κ1) is 15.7. The topological polar surface area (TPSA) is 26.3 Å². The van der Waals surface area contributed by atoms with Gasteiger partial charge in [0.1, 0.15) is 6.61 Å². The van der Waals surface area contributed by atoms with E-state index in [-0.39, 0.29) is 5.97 Å². The predicted octanol–water partition coefficient (Wildman–Crippen LogP) is 4.58. The first-order chi connectivity index (χ1) is 9.15. The minimum absolute atomic E-state index is 0.0812. The van der Waals surface area contributed by atoms with Gasteiger partial charge in [0, 0.05) is 6.42 Å². The van der Waals surface area contributed by atoms with Crippen molar-refractivity contribution in [3.8, 4) is 0 Å². The molecule has 0 N–H and O–H groups in total. The van der Waals surface area contributed by atoms with E-state index in [0.717, 1.165) is 17.9 Å². The Hall–Kier alpha value is -1.31. The molecule has 0 radical (unpaired) electrons. The van der Waals surface area contributed by atoms with Crippen LogP contribution >= 0.6 is 0 Å². The highest BCUT2D eigenvalue weighted by Crippen LogP contribution is 2.21. The molecule has 2 heteroatoms. The largest absolute Gasteiger partial charge is 0.461 e. The van der Waals surface area contributed by atoms with Crippen LogP contribution in [-0.2, 0) is 16.1 Å². The molecule has 106 valence electrons. The summed E-state index contributed by atoms with van der Waals surface area (Å²) in [5.41, 5.74) is 1.04. The van der Waals surface area contributed by atoms with Gasteiger partial charge in [-0.3, -0.25) is 4.79 Å². The second-order valence-corrected chi connectivity index (χ2v) is 5.37. The fourth-order valence-corrected chi connectivity index (χ4v) is 2.36. The smallest absolute Gasteiger partial charge is 0.306 e. The Labute approximate surface area is 117 Å². The number of carbonyl (C=O) groups excluding carboxylic acids is 1. The molecule has 0 bridgehead atoms. The minimum Gasteiger partial charge on any atom is -0.461 e. The molecule has 0 aliphatic rings. The first-order valence-electron chi connectivity index (χ1n) is 7.35. The van der Waals surface area contributed by atoms with Crippen LogP contribution in [0.5, 0.6) is 0 Å². The summed E-state index contributed by atoms with van der Waals surface area (Å²) < 4.78 is 5.31. The molecule has 19 heavy (non-hydrogen) atoms. The lowest BCUT2D eigenvalue weighted by Gasteiger charge is -2.17. The molecule has 0 saturated heterocycles. The number of hydrogen-bond donors (Lipinski definition) is 0. The lowest BCUT2D eigenvalue weighted by Crippen LogP contribution is -2.12. The molecule has 0 aliphatic carbocycles. The molecule has 1 aromatic rings. The van der Waals surface area contributed by atoms with E-state index >= 15 is 0 Å². The van der Waals surface area contributed by atoms with Crippen molar-refractivity contribution in [3.63, 3.8) is 0 Å². The molecule has 0 spiro atoms. The minimum atomic E-state index is -0.0812. The maximum Gasteiger partial charge on any atom is 0.306 e. The number of benzene rings is 1. The third-order valence-electron chi connectivity index (χ3n) is 3.65. The Kier molecular flexibility index (Phi) is 7.24. The standard InChI is InChI=1S/C17H26O2/c1-4-15(5-2)11-14(3)12-17(18)19-13-16-9-7-6-8-10-16/h6-10,14-15H,4-5,11-13H2,1-3H3. The summed E-state index contributed by atoms with van der Waals surface area (Å²) >= 11 is 0. The molecule has 1 unspecified atom stereocenters. The fraction of sp³-hybridized carbons (Fsp3) is 0.588. The molecule has 1 aromatic carbocycles. The predicted molar refractivity (Wildman–Crippen MR) is 78.7 cm³/mol. The lowest BCUT2D eigenvalue weighted by molar-refractivity contribution is -0.146. The highest BCUT2D eigenvalue weighted by Gasteiger charge is 2.14. The summed E-state index contributed by atoms with van der Waals surface area (Å²) in [4.78, 5) is 11.8. The molecular formula is C17H26O2. The summed E-state index contributed by atoms with van der Waals surface area (Å²) in [6, 6.07) is 9.82. The molecule has 0 amide bonds. The van der Waals surface area contributed by atoms with Crippen LogP contribution in [0.25, 0.3) is 0 Å². The molecule has 0 saturated carbocycles. The van der Waals surface area contributed by atoms with Gasteiger partial charge in [-0.1, -0.05) is 63.9 Å². The van der Waals surface area contributed by atoms with Gasteiger partial charge in [-0.2, -0.15) is 0 Å². The van der Waals surface area contributed by atoms with Crippen molar-refractivity contribution in [1.29, 1.82) is 0 Å². The van der Waals surface area contributed by atoms with Crippen molar-refractivity contribution in [1.82, 2.24) is 0 Å². The van der Waals surface area contributed by atoms with E-state index in [1.807, 2.05) is 30.3 Å². The Morgan fingerprint density at radius 3 is 2.37 bits per heavy atom. The third kappa shape index (κ3) is 6.42. The van der Waals surface area contributed by atoms with Crippen molar-refractivity contribution < 1.29 is 9.53 Å². The van der Waals surface area contributed by atoms with Crippen molar-refractivity contribution in [2.75, 3.05) is 0 Å². The molecule has 0 aliphatic heterocycles. The van der Waals surface area contributed by atoms with Crippen LogP contribution in [0.3, 0.4) is 0 Å². The normalized spacial score (nSPS) is 12.4. The summed E-state index contributed by atoms with van der Waals surface area (Å²) in [5.74, 6) is 1.06. The molecule has 0 aromatic heterocycles. The van der Waals surface area contributed by atoms with Crippen LogP contribution in [0, 0.1) is 11.8 Å². The maximum absolute atomic E-state index is 11.8. The van der Waals surface area contributed by atoms with Crippen LogP contribution in [-0.4, -0.2) is 5.97 Å². The zero-order valence-corrected chi connectivity index (χ0v) is 12.4. The van der Waals surface area contributed by atoms with Crippen LogP contribution in [0.4, 0.5) is 0 Å². The molecule has 1 rings (SSSR count). The van der Waals surface area contributed by atoms with Gasteiger partial charge in [-0.05, 0) is 23.8 Å². The van der Waals surface area contributed by atoms with Crippen LogP contribution in [0.1, 0.15) is 52.0 Å². The van der Waals surface area contributed by atoms with Gasteiger partial charge in [-0.25, -0.2) is 0 Å². The maximum atomic E-state index is 11.8. The van der Waals surface area contributed by atoms with E-state index in [4.69, 9.17) is 4.74 Å². The van der Waals surface area contributed by atoms with Crippen molar-refractivity contribution in [3.05, 3.63) is 35.9 Å². The summed E-state index contributed by atoms with van der Waals surface area (Å²) in [5, 5.41) is 0. The fourth-order valence-electron chi connectivity index (χ4n) is 2.36. The summed E-state index contributed by atoms with van der Waals surface area (Å²) in [6.07, 6.45) is 4.04. The SMILES string of the molecule is CCC(CC)CC(C)CC(=O)OCc1ccccc1. The highest BCUT2D eigenvalue weighted by molar-refractivity contribution is 5.69. The average Bonchev–Trinajstić information content (AvgIpc) is 2.43. The Balaban J connectivity index is 2.27. The van der Waals surface area contributed by atoms with E-state index in [1.54, 1.807) is 0 Å². The highest BCUT2D eigenvalue weighted by atomic mass is 16.5. The van der Waals surface area contributed by atoms with Crippen molar-refractivity contribution >= 4 is 5.97 Å². The van der Waals surface area contributed by atoms with Crippen LogP contribution in [0.15, 0.2) is 30.3 Å². The molecule has 2 nitrogen and oxygen atoms in total. The van der Waals surface area contributed by atoms with E-state index in [2.05, 4.69) is 20.8 Å². The Morgan fingerprint density at radius 2 is 1.79 bits per heavy atom. The van der Waals surface area contributed by atoms with Crippen LogP contribution in [0.2, 0.25) is 0 Å². The van der Waals surface area contributed by atoms with Gasteiger partial charge in [-0.15, -0.1) is 0 Å². The number of carbonyl (C=O) groups is 1. The Morgan fingerprint density at radius 1 is 1.16 bits per heavy atom. The Bertz CT molecular complexity index is 355. The number of hydrogen-bond acceptors (Lipinski definition) is 2. The monoisotopic (exact) mass is 262 g/mol. The van der Waals surface area contributed by atoms with E-state index in [0.29, 0.717) is 18.9 Å². The lowest BCUT2D eigenvalue weighted by atomic mass is 9.90. The van der Waals surface area contributed by atoms with Gasteiger partial charge >= 0.3 is 5.97 Å². The van der Waals surface area contributed by atoms with Gasteiger partial charge < -0.3 is 4.74 Å². The number of ether oxygens (including phenoxy) is 1. The quantitative estimate of drug-likeness (QED) is 0.641. The van der Waals surface area contributed by atoms with Gasteiger partial charge in [0.15, 0.2) is 0 Å². The third-order valence-corrected chi connectivity index (χ3v) is 3.65. The van der Waals surface area contributed by atoms with E-state index < -0.39 is 0 Å². The molecule has 0 heterocycles. The number of esters is 1. The van der Waals surface area contributed by atoms with Gasteiger partial charge in [0.25, 0.3) is 0 Å². The zero-order chi connectivity index (χ0) is 14.1. The second-order valence-electron chi connectivity index (χ2n) is 5.37. The zero-order valence-electron chi connectivity index (χ0n) is 12.4. The van der Waals surface area contributed by atoms with Crippen molar-refractivity contribution in [2.24, 2.45) is 11.8 Å². The second kappa shape index (κ2) is 8.73. The van der Waals surface area contributed by atoms with Crippen LogP contribution < -0.4 is 0 Å². The first-order valence-corrected chi connectivity index (χ1v) is 7.35. The molecule has 1 atom stereocenters.